The highest BCUT2D eigenvalue weighted by atomic mass is 16.5. The van der Waals surface area contributed by atoms with Gasteiger partial charge in [0.25, 0.3) is 0 Å². The molecule has 0 aliphatic carbocycles. The number of amides is 1. The van der Waals surface area contributed by atoms with Crippen LogP contribution in [0, 0.1) is 0 Å². The largest absolute Gasteiger partial charge is 0.497 e. The maximum absolute atomic E-state index is 12.4. The molecule has 21 heavy (non-hydrogen) atoms. The molecule has 0 radical (unpaired) electrons. The Balaban J connectivity index is 2.15. The molecule has 1 heterocycles. The molecule has 4 heteroatoms. The lowest BCUT2D eigenvalue weighted by molar-refractivity contribution is -0.138. The van der Waals surface area contributed by atoms with E-state index in [0.29, 0.717) is 6.61 Å². The fourth-order valence-electron chi connectivity index (χ4n) is 2.85. The molecule has 1 aliphatic rings. The van der Waals surface area contributed by atoms with Gasteiger partial charge in [0.15, 0.2) is 0 Å². The lowest BCUT2D eigenvalue weighted by Crippen LogP contribution is -2.37. The summed E-state index contributed by atoms with van der Waals surface area (Å²) >= 11 is 0. The summed E-state index contributed by atoms with van der Waals surface area (Å²) in [5.74, 6) is 0.944. The molecule has 0 saturated carbocycles. The summed E-state index contributed by atoms with van der Waals surface area (Å²) in [6.45, 7) is 3.50. The van der Waals surface area contributed by atoms with Gasteiger partial charge >= 0.3 is 0 Å². The maximum atomic E-state index is 12.4. The SMILES string of the molecule is CCOCC(=O)N1CCCCCC1c1ccc(OC)cc1. The smallest absolute Gasteiger partial charge is 0.249 e. The summed E-state index contributed by atoms with van der Waals surface area (Å²) in [5.41, 5.74) is 1.18. The second kappa shape index (κ2) is 8.03. The van der Waals surface area contributed by atoms with Crippen molar-refractivity contribution in [2.75, 3.05) is 26.9 Å². The van der Waals surface area contributed by atoms with E-state index in [1.165, 1.54) is 12.0 Å². The third kappa shape index (κ3) is 4.21. The molecule has 2 rings (SSSR count). The summed E-state index contributed by atoms with van der Waals surface area (Å²) in [6.07, 6.45) is 4.44. The average Bonchev–Trinajstić information content (AvgIpc) is 2.78. The first kappa shape index (κ1) is 15.8. The van der Waals surface area contributed by atoms with Crippen molar-refractivity contribution >= 4 is 5.91 Å². The number of nitrogens with zero attached hydrogens (tertiary/aromatic N) is 1. The summed E-state index contributed by atoms with van der Waals surface area (Å²) in [7, 11) is 1.67. The topological polar surface area (TPSA) is 38.8 Å². The molecule has 1 amide bonds. The maximum Gasteiger partial charge on any atom is 0.249 e. The fraction of sp³-hybridized carbons (Fsp3) is 0.588. The molecule has 0 spiro atoms. The standard InChI is InChI=1S/C17H25NO3/c1-3-21-13-17(19)18-12-6-4-5-7-16(18)14-8-10-15(20-2)11-9-14/h8-11,16H,3-7,12-13H2,1-2H3. The first-order valence-electron chi connectivity index (χ1n) is 7.77. The van der Waals surface area contributed by atoms with Crippen LogP contribution in [0.3, 0.4) is 0 Å². The molecule has 4 nitrogen and oxygen atoms in total. The van der Waals surface area contributed by atoms with Crippen molar-refractivity contribution in [2.45, 2.75) is 38.6 Å². The Morgan fingerprint density at radius 3 is 2.67 bits per heavy atom. The molecular weight excluding hydrogens is 266 g/mol. The van der Waals surface area contributed by atoms with Crippen LogP contribution in [0.15, 0.2) is 24.3 Å². The number of hydrogen-bond donors (Lipinski definition) is 0. The zero-order valence-corrected chi connectivity index (χ0v) is 13.0. The van der Waals surface area contributed by atoms with Gasteiger partial charge < -0.3 is 14.4 Å². The fourth-order valence-corrected chi connectivity index (χ4v) is 2.85. The van der Waals surface area contributed by atoms with Crippen molar-refractivity contribution in [3.05, 3.63) is 29.8 Å². The summed E-state index contributed by atoms with van der Waals surface area (Å²) in [4.78, 5) is 14.4. The van der Waals surface area contributed by atoms with Crippen molar-refractivity contribution in [1.82, 2.24) is 4.90 Å². The van der Waals surface area contributed by atoms with E-state index in [9.17, 15) is 4.79 Å². The van der Waals surface area contributed by atoms with Crippen LogP contribution >= 0.6 is 0 Å². The second-order valence-electron chi connectivity index (χ2n) is 5.36. The first-order valence-corrected chi connectivity index (χ1v) is 7.77. The van der Waals surface area contributed by atoms with E-state index in [1.807, 2.05) is 24.0 Å². The number of benzene rings is 1. The molecular formula is C17H25NO3. The number of likely N-dealkylation sites (tertiary alicyclic amines) is 1. The number of ether oxygens (including phenoxy) is 2. The van der Waals surface area contributed by atoms with Crippen LogP contribution in [0.5, 0.6) is 5.75 Å². The van der Waals surface area contributed by atoms with E-state index < -0.39 is 0 Å². The van der Waals surface area contributed by atoms with Gasteiger partial charge in [-0.2, -0.15) is 0 Å². The van der Waals surface area contributed by atoms with Crippen molar-refractivity contribution in [2.24, 2.45) is 0 Å². The number of methoxy groups -OCH3 is 1. The second-order valence-corrected chi connectivity index (χ2v) is 5.36. The predicted molar refractivity (Wildman–Crippen MR) is 82.4 cm³/mol. The Hall–Kier alpha value is -1.55. The highest BCUT2D eigenvalue weighted by Gasteiger charge is 2.26. The Kier molecular flexibility index (Phi) is 6.05. The molecule has 1 fully saturated rings. The summed E-state index contributed by atoms with van der Waals surface area (Å²) in [5, 5.41) is 0. The number of carbonyl (C=O) groups is 1. The van der Waals surface area contributed by atoms with Crippen molar-refractivity contribution < 1.29 is 14.3 Å². The van der Waals surface area contributed by atoms with Crippen molar-refractivity contribution in [3.63, 3.8) is 0 Å². The van der Waals surface area contributed by atoms with E-state index in [4.69, 9.17) is 9.47 Å². The molecule has 1 saturated heterocycles. The van der Waals surface area contributed by atoms with E-state index >= 15 is 0 Å². The van der Waals surface area contributed by atoms with Gasteiger partial charge in [-0.1, -0.05) is 25.0 Å². The van der Waals surface area contributed by atoms with Gasteiger partial charge in [0.1, 0.15) is 12.4 Å². The van der Waals surface area contributed by atoms with Gasteiger partial charge in [0.05, 0.1) is 13.2 Å². The van der Waals surface area contributed by atoms with Crippen LogP contribution in [0.4, 0.5) is 0 Å². The monoisotopic (exact) mass is 291 g/mol. The molecule has 1 aliphatic heterocycles. The van der Waals surface area contributed by atoms with Gasteiger partial charge in [-0.15, -0.1) is 0 Å². The average molecular weight is 291 g/mol. The number of carbonyl (C=O) groups excluding carboxylic acids is 1. The Morgan fingerprint density at radius 1 is 1.24 bits per heavy atom. The Bertz CT molecular complexity index is 444. The predicted octanol–water partition coefficient (Wildman–Crippen LogP) is 3.18. The highest BCUT2D eigenvalue weighted by molar-refractivity contribution is 5.78. The lowest BCUT2D eigenvalue weighted by Gasteiger charge is -2.30. The van der Waals surface area contributed by atoms with Crippen LogP contribution in [-0.2, 0) is 9.53 Å². The molecule has 1 aromatic rings. The van der Waals surface area contributed by atoms with E-state index in [0.717, 1.165) is 31.6 Å². The molecule has 0 aromatic heterocycles. The van der Waals surface area contributed by atoms with Gasteiger partial charge in [-0.05, 0) is 37.5 Å². The molecule has 0 bridgehead atoms. The molecule has 0 N–H and O–H groups in total. The highest BCUT2D eigenvalue weighted by Crippen LogP contribution is 2.31. The first-order chi connectivity index (χ1) is 10.3. The van der Waals surface area contributed by atoms with Crippen molar-refractivity contribution in [3.8, 4) is 5.75 Å². The van der Waals surface area contributed by atoms with Gasteiger partial charge in [-0.3, -0.25) is 4.79 Å². The van der Waals surface area contributed by atoms with E-state index in [1.54, 1.807) is 7.11 Å². The van der Waals surface area contributed by atoms with Crippen LogP contribution in [0.1, 0.15) is 44.2 Å². The third-order valence-corrected chi connectivity index (χ3v) is 4.00. The minimum atomic E-state index is 0.0968. The van der Waals surface area contributed by atoms with Crippen LogP contribution in [0.25, 0.3) is 0 Å². The van der Waals surface area contributed by atoms with Crippen LogP contribution < -0.4 is 4.74 Å². The van der Waals surface area contributed by atoms with Crippen LogP contribution in [-0.4, -0.2) is 37.7 Å². The Morgan fingerprint density at radius 2 is 2.00 bits per heavy atom. The zero-order chi connectivity index (χ0) is 15.1. The quantitative estimate of drug-likeness (QED) is 0.836. The molecule has 116 valence electrons. The summed E-state index contributed by atoms with van der Waals surface area (Å²) in [6, 6.07) is 8.22. The van der Waals surface area contributed by atoms with E-state index in [-0.39, 0.29) is 18.6 Å². The minimum Gasteiger partial charge on any atom is -0.497 e. The number of hydrogen-bond acceptors (Lipinski definition) is 3. The zero-order valence-electron chi connectivity index (χ0n) is 13.0. The minimum absolute atomic E-state index is 0.0968. The van der Waals surface area contributed by atoms with Gasteiger partial charge in [0.2, 0.25) is 5.91 Å². The van der Waals surface area contributed by atoms with E-state index in [2.05, 4.69) is 12.1 Å². The van der Waals surface area contributed by atoms with Gasteiger partial charge in [-0.25, -0.2) is 0 Å². The molecule has 1 atom stereocenters. The summed E-state index contributed by atoms with van der Waals surface area (Å²) < 4.78 is 10.5. The Labute approximate surface area is 127 Å². The van der Waals surface area contributed by atoms with Crippen LogP contribution in [0.2, 0.25) is 0 Å². The third-order valence-electron chi connectivity index (χ3n) is 4.00. The molecule has 1 aromatic carbocycles. The van der Waals surface area contributed by atoms with Crippen molar-refractivity contribution in [1.29, 1.82) is 0 Å². The lowest BCUT2D eigenvalue weighted by atomic mass is 10.0. The number of rotatable bonds is 5. The molecule has 1 unspecified atom stereocenters. The normalized spacial score (nSPS) is 19.1. The van der Waals surface area contributed by atoms with Gasteiger partial charge in [0, 0.05) is 13.2 Å².